The molecule has 0 spiro atoms. The van der Waals surface area contributed by atoms with Gasteiger partial charge in [-0.25, -0.2) is 8.42 Å². The fraction of sp³-hybridized carbons (Fsp3) is 0.611. The lowest BCUT2D eigenvalue weighted by Gasteiger charge is -2.22. The van der Waals surface area contributed by atoms with E-state index in [2.05, 4.69) is 12.2 Å². The molecule has 134 valence electrons. The van der Waals surface area contributed by atoms with E-state index in [1.807, 2.05) is 19.9 Å². The van der Waals surface area contributed by atoms with E-state index in [0.29, 0.717) is 17.7 Å². The van der Waals surface area contributed by atoms with Crippen molar-refractivity contribution in [2.24, 2.45) is 0 Å². The van der Waals surface area contributed by atoms with Gasteiger partial charge in [-0.05, 0) is 50.5 Å². The largest absolute Gasteiger partial charge is 0.350 e. The minimum atomic E-state index is -3.30. The Hall–Kier alpha value is -1.56. The first-order valence-corrected chi connectivity index (χ1v) is 10.5. The average molecular weight is 353 g/mol. The first-order chi connectivity index (χ1) is 11.2. The molecule has 2 atom stereocenters. The predicted octanol–water partition coefficient (Wildman–Crippen LogP) is 3.10. The first-order valence-electron chi connectivity index (χ1n) is 8.67. The summed E-state index contributed by atoms with van der Waals surface area (Å²) in [5, 5.41) is 3.03. The highest BCUT2D eigenvalue weighted by Crippen LogP contribution is 2.34. The molecule has 1 heterocycles. The molecule has 1 aromatic carbocycles. The van der Waals surface area contributed by atoms with Crippen LogP contribution in [-0.4, -0.2) is 32.7 Å². The van der Waals surface area contributed by atoms with Gasteiger partial charge in [0.1, 0.15) is 0 Å². The van der Waals surface area contributed by atoms with Crippen molar-refractivity contribution in [3.8, 4) is 0 Å². The molecule has 1 aromatic rings. The maximum absolute atomic E-state index is 12.4. The molecule has 1 N–H and O–H groups in total. The van der Waals surface area contributed by atoms with Crippen LogP contribution in [0.2, 0.25) is 0 Å². The SMILES string of the molecule is CCCCC[C@@H](C)NC(=O)c1ccc2c(c1)C[C@@H](C)N2S(C)(=O)=O. The molecule has 1 aliphatic rings. The molecule has 6 heteroatoms. The lowest BCUT2D eigenvalue weighted by Crippen LogP contribution is -2.34. The van der Waals surface area contributed by atoms with Crippen LogP contribution in [0, 0.1) is 0 Å². The fourth-order valence-electron chi connectivity index (χ4n) is 3.33. The maximum atomic E-state index is 12.4. The van der Waals surface area contributed by atoms with Gasteiger partial charge in [0.15, 0.2) is 0 Å². The summed E-state index contributed by atoms with van der Waals surface area (Å²) < 4.78 is 25.3. The van der Waals surface area contributed by atoms with Crippen LogP contribution in [0.5, 0.6) is 0 Å². The average Bonchev–Trinajstić information content (AvgIpc) is 2.82. The van der Waals surface area contributed by atoms with Crippen molar-refractivity contribution >= 4 is 21.6 Å². The zero-order chi connectivity index (χ0) is 17.9. The number of benzene rings is 1. The molecule has 2 rings (SSSR count). The van der Waals surface area contributed by atoms with E-state index in [-0.39, 0.29) is 18.0 Å². The van der Waals surface area contributed by atoms with Crippen molar-refractivity contribution in [3.05, 3.63) is 29.3 Å². The Balaban J connectivity index is 2.10. The van der Waals surface area contributed by atoms with Crippen LogP contribution in [0.4, 0.5) is 5.69 Å². The van der Waals surface area contributed by atoms with Crippen LogP contribution < -0.4 is 9.62 Å². The summed E-state index contributed by atoms with van der Waals surface area (Å²) >= 11 is 0. The standard InChI is InChI=1S/C18H28N2O3S/c1-5-6-7-8-13(2)19-18(21)15-9-10-17-16(12-15)11-14(3)20(17)24(4,22)23/h9-10,12-14H,5-8,11H2,1-4H3,(H,19,21)/t13-,14-/m1/s1. The van der Waals surface area contributed by atoms with Crippen LogP contribution in [0.3, 0.4) is 0 Å². The third-order valence-corrected chi connectivity index (χ3v) is 5.74. The Labute approximate surface area is 145 Å². The second-order valence-corrected chi connectivity index (χ2v) is 8.69. The number of unbranched alkanes of at least 4 members (excludes halogenated alkanes) is 2. The van der Waals surface area contributed by atoms with E-state index in [1.54, 1.807) is 12.1 Å². The van der Waals surface area contributed by atoms with Gasteiger partial charge in [0, 0.05) is 17.6 Å². The van der Waals surface area contributed by atoms with E-state index in [0.717, 1.165) is 18.4 Å². The van der Waals surface area contributed by atoms with Crippen molar-refractivity contribution in [2.45, 2.75) is 65.0 Å². The van der Waals surface area contributed by atoms with Gasteiger partial charge in [-0.2, -0.15) is 0 Å². The summed E-state index contributed by atoms with van der Waals surface area (Å²) in [5.41, 5.74) is 2.20. The quantitative estimate of drug-likeness (QED) is 0.767. The minimum absolute atomic E-state index is 0.0905. The second kappa shape index (κ2) is 7.55. The van der Waals surface area contributed by atoms with Crippen LogP contribution in [0.15, 0.2) is 18.2 Å². The molecule has 5 nitrogen and oxygen atoms in total. The Bertz CT molecular complexity index is 700. The molecule has 1 amide bonds. The van der Waals surface area contributed by atoms with Gasteiger partial charge in [-0.15, -0.1) is 0 Å². The Morgan fingerprint density at radius 2 is 2.08 bits per heavy atom. The Morgan fingerprint density at radius 1 is 1.38 bits per heavy atom. The zero-order valence-electron chi connectivity index (χ0n) is 15.0. The Morgan fingerprint density at radius 3 is 2.71 bits per heavy atom. The van der Waals surface area contributed by atoms with Gasteiger partial charge < -0.3 is 5.32 Å². The number of nitrogens with zero attached hydrogens (tertiary/aromatic N) is 1. The number of rotatable bonds is 7. The molecule has 0 bridgehead atoms. The van der Waals surface area contributed by atoms with E-state index in [4.69, 9.17) is 0 Å². The lowest BCUT2D eigenvalue weighted by atomic mass is 10.1. The summed E-state index contributed by atoms with van der Waals surface area (Å²) in [7, 11) is -3.30. The number of carbonyl (C=O) groups excluding carboxylic acids is 1. The summed E-state index contributed by atoms with van der Waals surface area (Å²) in [5.74, 6) is -0.0905. The molecule has 1 aliphatic heterocycles. The molecule has 0 aromatic heterocycles. The first kappa shape index (κ1) is 18.8. The number of sulfonamides is 1. The zero-order valence-corrected chi connectivity index (χ0v) is 15.8. The van der Waals surface area contributed by atoms with Gasteiger partial charge in [0.25, 0.3) is 5.91 Å². The van der Waals surface area contributed by atoms with E-state index < -0.39 is 10.0 Å². The fourth-order valence-corrected chi connectivity index (χ4v) is 4.59. The van der Waals surface area contributed by atoms with Crippen molar-refractivity contribution in [2.75, 3.05) is 10.6 Å². The minimum Gasteiger partial charge on any atom is -0.350 e. The van der Waals surface area contributed by atoms with Crippen molar-refractivity contribution < 1.29 is 13.2 Å². The molecular weight excluding hydrogens is 324 g/mol. The monoisotopic (exact) mass is 352 g/mol. The number of nitrogens with one attached hydrogen (secondary N) is 1. The summed E-state index contributed by atoms with van der Waals surface area (Å²) in [4.78, 5) is 12.4. The molecular formula is C18H28N2O3S. The van der Waals surface area contributed by atoms with Crippen molar-refractivity contribution in [3.63, 3.8) is 0 Å². The molecule has 0 radical (unpaired) electrons. The molecule has 0 saturated carbocycles. The smallest absolute Gasteiger partial charge is 0.251 e. The van der Waals surface area contributed by atoms with Crippen LogP contribution in [0.25, 0.3) is 0 Å². The third-order valence-electron chi connectivity index (χ3n) is 4.47. The highest BCUT2D eigenvalue weighted by Gasteiger charge is 2.32. The molecule has 24 heavy (non-hydrogen) atoms. The van der Waals surface area contributed by atoms with Crippen LogP contribution in [0.1, 0.15) is 62.4 Å². The van der Waals surface area contributed by atoms with Gasteiger partial charge in [0.05, 0.1) is 11.9 Å². The highest BCUT2D eigenvalue weighted by molar-refractivity contribution is 7.92. The van der Waals surface area contributed by atoms with E-state index >= 15 is 0 Å². The highest BCUT2D eigenvalue weighted by atomic mass is 32.2. The van der Waals surface area contributed by atoms with Crippen molar-refractivity contribution in [1.82, 2.24) is 5.32 Å². The number of hydrogen-bond acceptors (Lipinski definition) is 3. The molecule has 0 saturated heterocycles. The summed E-state index contributed by atoms with van der Waals surface area (Å²) in [6, 6.07) is 5.31. The normalized spacial score (nSPS) is 18.3. The number of carbonyl (C=O) groups is 1. The third kappa shape index (κ3) is 4.29. The maximum Gasteiger partial charge on any atom is 0.251 e. The topological polar surface area (TPSA) is 66.5 Å². The Kier molecular flexibility index (Phi) is 5.91. The lowest BCUT2D eigenvalue weighted by molar-refractivity contribution is 0.0938. The van der Waals surface area contributed by atoms with E-state index in [1.165, 1.54) is 23.4 Å². The van der Waals surface area contributed by atoms with Crippen LogP contribution >= 0.6 is 0 Å². The number of fused-ring (bicyclic) bond motifs is 1. The summed E-state index contributed by atoms with van der Waals surface area (Å²) in [6.45, 7) is 6.07. The predicted molar refractivity (Wildman–Crippen MR) is 98.0 cm³/mol. The van der Waals surface area contributed by atoms with Crippen LogP contribution in [-0.2, 0) is 16.4 Å². The van der Waals surface area contributed by atoms with Gasteiger partial charge in [-0.3, -0.25) is 9.10 Å². The molecule has 0 unspecified atom stereocenters. The van der Waals surface area contributed by atoms with Gasteiger partial charge in [0.2, 0.25) is 10.0 Å². The number of hydrogen-bond donors (Lipinski definition) is 1. The van der Waals surface area contributed by atoms with Crippen molar-refractivity contribution in [1.29, 1.82) is 0 Å². The summed E-state index contributed by atoms with van der Waals surface area (Å²) in [6.07, 6.45) is 6.29. The number of anilines is 1. The number of amides is 1. The van der Waals surface area contributed by atoms with E-state index in [9.17, 15) is 13.2 Å². The molecule has 0 fully saturated rings. The second-order valence-electron chi connectivity index (χ2n) is 6.83. The van der Waals surface area contributed by atoms with Gasteiger partial charge in [-0.1, -0.05) is 26.2 Å². The van der Waals surface area contributed by atoms with Gasteiger partial charge >= 0.3 is 0 Å². The molecule has 0 aliphatic carbocycles.